The maximum absolute atomic E-state index is 12.4. The monoisotopic (exact) mass is 534 g/mol. The number of nitrogens with two attached hydrogens (primary N) is 1. The van der Waals surface area contributed by atoms with Crippen molar-refractivity contribution in [1.29, 1.82) is 0 Å². The smallest absolute Gasteiger partial charge is 0.323 e. The van der Waals surface area contributed by atoms with Gasteiger partial charge in [-0.2, -0.15) is 0 Å². The van der Waals surface area contributed by atoms with E-state index in [9.17, 15) is 9.59 Å². The van der Waals surface area contributed by atoms with Gasteiger partial charge in [0.2, 0.25) is 5.91 Å². The van der Waals surface area contributed by atoms with Crippen LogP contribution in [0.2, 0.25) is 0 Å². The lowest BCUT2D eigenvalue weighted by atomic mass is 10.0. The van der Waals surface area contributed by atoms with Crippen molar-refractivity contribution in [2.75, 3.05) is 16.4 Å². The van der Waals surface area contributed by atoms with E-state index in [1.165, 1.54) is 17.4 Å². The minimum Gasteiger partial charge on any atom is -0.383 e. The number of nitrogens with zero attached hydrogens (tertiary/aromatic N) is 2. The summed E-state index contributed by atoms with van der Waals surface area (Å²) in [6, 6.07) is 18.5. The van der Waals surface area contributed by atoms with E-state index in [1.807, 2.05) is 73.0 Å². The van der Waals surface area contributed by atoms with Gasteiger partial charge in [-0.05, 0) is 71.5 Å². The van der Waals surface area contributed by atoms with Crippen molar-refractivity contribution in [1.82, 2.24) is 15.3 Å². The van der Waals surface area contributed by atoms with Gasteiger partial charge in [0.1, 0.15) is 5.82 Å². The lowest BCUT2D eigenvalue weighted by Gasteiger charge is -2.09. The lowest BCUT2D eigenvalue weighted by molar-refractivity contribution is -0.116. The Hall–Kier alpha value is -5.02. The van der Waals surface area contributed by atoms with E-state index in [0.717, 1.165) is 43.6 Å². The summed E-state index contributed by atoms with van der Waals surface area (Å²) in [5.41, 5.74) is 12.4. The van der Waals surface area contributed by atoms with Crippen LogP contribution in [0, 0.1) is 6.92 Å². The molecule has 8 nitrogen and oxygen atoms in total. The van der Waals surface area contributed by atoms with Gasteiger partial charge >= 0.3 is 6.03 Å². The molecule has 39 heavy (non-hydrogen) atoms. The summed E-state index contributed by atoms with van der Waals surface area (Å²) < 4.78 is 0.940. The van der Waals surface area contributed by atoms with E-state index in [4.69, 9.17) is 5.73 Å². The van der Waals surface area contributed by atoms with E-state index in [0.29, 0.717) is 18.1 Å². The zero-order chi connectivity index (χ0) is 27.2. The van der Waals surface area contributed by atoms with Gasteiger partial charge in [-0.3, -0.25) is 9.78 Å². The molecule has 2 aromatic carbocycles. The SMILES string of the molecule is Cc1cccc(NC(=O)Nc2ccc(-c3csc4c(/C=C/C(=O)NCc5ccncc5)cnc(N)c34)cc2)c1. The minimum atomic E-state index is -0.316. The van der Waals surface area contributed by atoms with E-state index in [1.54, 1.807) is 24.7 Å². The van der Waals surface area contributed by atoms with Gasteiger partial charge in [0.05, 0.1) is 0 Å². The summed E-state index contributed by atoms with van der Waals surface area (Å²) in [6.45, 7) is 2.39. The van der Waals surface area contributed by atoms with Crippen molar-refractivity contribution in [3.05, 3.63) is 107 Å². The number of thiophene rings is 1. The zero-order valence-electron chi connectivity index (χ0n) is 21.1. The largest absolute Gasteiger partial charge is 0.383 e. The Morgan fingerprint density at radius 2 is 1.77 bits per heavy atom. The number of pyridine rings is 2. The first kappa shape index (κ1) is 25.6. The summed E-state index contributed by atoms with van der Waals surface area (Å²) in [7, 11) is 0. The number of carbonyl (C=O) groups is 2. The Morgan fingerprint density at radius 3 is 2.54 bits per heavy atom. The Balaban J connectivity index is 1.29. The Labute approximate surface area is 229 Å². The van der Waals surface area contributed by atoms with Gasteiger partial charge in [-0.1, -0.05) is 24.3 Å². The minimum absolute atomic E-state index is 0.205. The number of urea groups is 1. The lowest BCUT2D eigenvalue weighted by Crippen LogP contribution is -2.20. The van der Waals surface area contributed by atoms with Crippen LogP contribution in [0.4, 0.5) is 22.0 Å². The number of aromatic nitrogens is 2. The highest BCUT2D eigenvalue weighted by Gasteiger charge is 2.14. The Bertz CT molecular complexity index is 1660. The van der Waals surface area contributed by atoms with Crippen LogP contribution in [-0.2, 0) is 11.3 Å². The van der Waals surface area contributed by atoms with Crippen LogP contribution in [-0.4, -0.2) is 21.9 Å². The number of hydrogen-bond donors (Lipinski definition) is 4. The molecule has 0 atom stereocenters. The molecule has 5 rings (SSSR count). The molecule has 3 amide bonds. The molecule has 0 spiro atoms. The zero-order valence-corrected chi connectivity index (χ0v) is 22.0. The quantitative estimate of drug-likeness (QED) is 0.185. The van der Waals surface area contributed by atoms with Gasteiger partial charge in [0, 0.05) is 63.8 Å². The highest BCUT2D eigenvalue weighted by molar-refractivity contribution is 7.18. The third kappa shape index (κ3) is 6.28. The van der Waals surface area contributed by atoms with Crippen LogP contribution >= 0.6 is 11.3 Å². The molecule has 0 bridgehead atoms. The van der Waals surface area contributed by atoms with Crippen LogP contribution in [0.25, 0.3) is 27.3 Å². The fraction of sp³-hybridized carbons (Fsp3) is 0.0667. The number of carbonyl (C=O) groups excluding carboxylic acids is 2. The maximum atomic E-state index is 12.4. The van der Waals surface area contributed by atoms with Gasteiger partial charge in [0.15, 0.2) is 0 Å². The maximum Gasteiger partial charge on any atom is 0.323 e. The number of nitrogen functional groups attached to an aromatic ring is 1. The molecule has 0 aliphatic carbocycles. The molecule has 0 fully saturated rings. The van der Waals surface area contributed by atoms with Crippen LogP contribution in [0.5, 0.6) is 0 Å². The van der Waals surface area contributed by atoms with Gasteiger partial charge in [-0.25, -0.2) is 9.78 Å². The molecule has 0 aliphatic heterocycles. The van der Waals surface area contributed by atoms with Gasteiger partial charge in [0.25, 0.3) is 0 Å². The molecule has 5 aromatic rings. The summed E-state index contributed by atoms with van der Waals surface area (Å²) in [4.78, 5) is 33.1. The Morgan fingerprint density at radius 1 is 1.00 bits per heavy atom. The number of nitrogens with one attached hydrogen (secondary N) is 3. The fourth-order valence-electron chi connectivity index (χ4n) is 4.08. The topological polar surface area (TPSA) is 122 Å². The second-order valence-electron chi connectivity index (χ2n) is 8.88. The van der Waals surface area contributed by atoms with Crippen molar-refractivity contribution in [3.63, 3.8) is 0 Å². The van der Waals surface area contributed by atoms with Crippen LogP contribution in [0.1, 0.15) is 16.7 Å². The number of amides is 3. The first-order valence-corrected chi connectivity index (χ1v) is 13.1. The van der Waals surface area contributed by atoms with Crippen LogP contribution < -0.4 is 21.7 Å². The van der Waals surface area contributed by atoms with Crippen molar-refractivity contribution in [2.24, 2.45) is 0 Å². The standard InChI is InChI=1S/C30H26N6O2S/c1-19-3-2-4-24(15-19)36-30(38)35-23-8-5-21(6-9-23)25-18-39-28-22(17-34-29(31)27(25)28)7-10-26(37)33-16-20-11-13-32-14-12-20/h2-15,17-18H,16H2,1H3,(H2,31,34)(H,33,37)(H2,35,36,38)/b10-7+. The first-order valence-electron chi connectivity index (χ1n) is 12.2. The Kier molecular flexibility index (Phi) is 7.60. The highest BCUT2D eigenvalue weighted by atomic mass is 32.1. The molecular weight excluding hydrogens is 508 g/mol. The highest BCUT2D eigenvalue weighted by Crippen LogP contribution is 2.39. The molecule has 0 radical (unpaired) electrons. The first-order chi connectivity index (χ1) is 19.0. The number of rotatable bonds is 7. The third-order valence-corrected chi connectivity index (χ3v) is 7.04. The van der Waals surface area contributed by atoms with E-state index >= 15 is 0 Å². The molecule has 0 aliphatic rings. The fourth-order valence-corrected chi connectivity index (χ4v) is 5.16. The predicted octanol–water partition coefficient (Wildman–Crippen LogP) is 6.22. The molecule has 0 saturated heterocycles. The molecule has 3 heterocycles. The summed E-state index contributed by atoms with van der Waals surface area (Å²) in [6.07, 6.45) is 8.29. The molecule has 194 valence electrons. The van der Waals surface area contributed by atoms with Gasteiger partial charge in [-0.15, -0.1) is 11.3 Å². The number of benzene rings is 2. The molecule has 3 aromatic heterocycles. The van der Waals surface area contributed by atoms with E-state index in [2.05, 4.69) is 25.9 Å². The number of anilines is 3. The molecule has 9 heteroatoms. The molecule has 0 saturated carbocycles. The van der Waals surface area contributed by atoms with Gasteiger partial charge < -0.3 is 21.7 Å². The number of hydrogen-bond acceptors (Lipinski definition) is 6. The second-order valence-corrected chi connectivity index (χ2v) is 9.76. The average Bonchev–Trinajstić information content (AvgIpc) is 3.39. The molecule has 0 unspecified atom stereocenters. The number of aryl methyl sites for hydroxylation is 1. The van der Waals surface area contributed by atoms with Crippen molar-refractivity contribution in [3.8, 4) is 11.1 Å². The average molecular weight is 535 g/mol. The summed E-state index contributed by atoms with van der Waals surface area (Å²) in [5, 5.41) is 11.4. The number of fused-ring (bicyclic) bond motifs is 1. The van der Waals surface area contributed by atoms with Crippen molar-refractivity contribution >= 4 is 56.6 Å². The summed E-state index contributed by atoms with van der Waals surface area (Å²) >= 11 is 1.54. The van der Waals surface area contributed by atoms with E-state index in [-0.39, 0.29) is 11.9 Å². The van der Waals surface area contributed by atoms with Crippen LogP contribution in [0.3, 0.4) is 0 Å². The predicted molar refractivity (Wildman–Crippen MR) is 158 cm³/mol. The molecular formula is C30H26N6O2S. The molecule has 5 N–H and O–H groups in total. The third-order valence-electron chi connectivity index (χ3n) is 6.01. The summed E-state index contributed by atoms with van der Waals surface area (Å²) in [5.74, 6) is 0.211. The van der Waals surface area contributed by atoms with E-state index < -0.39 is 0 Å². The van der Waals surface area contributed by atoms with Crippen LogP contribution in [0.15, 0.2) is 90.7 Å². The van der Waals surface area contributed by atoms with Crippen molar-refractivity contribution in [2.45, 2.75) is 13.5 Å². The second kappa shape index (κ2) is 11.6. The normalized spacial score (nSPS) is 11.0. The van der Waals surface area contributed by atoms with Crippen molar-refractivity contribution < 1.29 is 9.59 Å².